The second kappa shape index (κ2) is 7.50. The van der Waals surface area contributed by atoms with E-state index in [1.165, 1.54) is 0 Å². The van der Waals surface area contributed by atoms with Gasteiger partial charge in [-0.25, -0.2) is 0 Å². The molecular formula is C16H25NO3. The van der Waals surface area contributed by atoms with Gasteiger partial charge in [-0.05, 0) is 63.4 Å². The average molecular weight is 279 g/mol. The van der Waals surface area contributed by atoms with Gasteiger partial charge >= 0.3 is 0 Å². The molecular weight excluding hydrogens is 254 g/mol. The van der Waals surface area contributed by atoms with Gasteiger partial charge in [0.1, 0.15) is 0 Å². The number of aliphatic hydroxyl groups excluding tert-OH is 1. The number of aliphatic hydroxyl groups is 1. The Morgan fingerprint density at radius 1 is 1.15 bits per heavy atom. The maximum Gasteiger partial charge on any atom is 0.161 e. The molecule has 2 N–H and O–H groups in total. The highest BCUT2D eigenvalue weighted by Gasteiger charge is 2.23. The Bertz CT molecular complexity index is 416. The third kappa shape index (κ3) is 3.64. The first-order chi connectivity index (χ1) is 9.76. The van der Waals surface area contributed by atoms with Gasteiger partial charge < -0.3 is 19.9 Å². The van der Waals surface area contributed by atoms with Crippen LogP contribution in [0.4, 0.5) is 0 Å². The van der Waals surface area contributed by atoms with Crippen LogP contribution in [0.1, 0.15) is 38.4 Å². The normalized spacial score (nSPS) is 17.8. The zero-order chi connectivity index (χ0) is 14.4. The molecule has 1 aromatic rings. The van der Waals surface area contributed by atoms with Crippen molar-refractivity contribution < 1.29 is 14.6 Å². The molecule has 2 rings (SSSR count). The van der Waals surface area contributed by atoms with Crippen LogP contribution >= 0.6 is 0 Å². The van der Waals surface area contributed by atoms with Crippen LogP contribution in [0.25, 0.3) is 0 Å². The number of nitrogens with one attached hydrogen (secondary N) is 1. The summed E-state index contributed by atoms with van der Waals surface area (Å²) >= 11 is 0. The van der Waals surface area contributed by atoms with E-state index in [0.717, 1.165) is 43.0 Å². The molecule has 1 saturated heterocycles. The summed E-state index contributed by atoms with van der Waals surface area (Å²) in [6.45, 7) is 7.07. The van der Waals surface area contributed by atoms with Crippen LogP contribution in [0.2, 0.25) is 0 Å². The van der Waals surface area contributed by atoms with Gasteiger partial charge in [-0.15, -0.1) is 0 Å². The molecule has 1 aliphatic rings. The van der Waals surface area contributed by atoms with Crippen molar-refractivity contribution in [1.82, 2.24) is 5.32 Å². The van der Waals surface area contributed by atoms with E-state index in [9.17, 15) is 5.11 Å². The van der Waals surface area contributed by atoms with Crippen LogP contribution in [-0.4, -0.2) is 31.4 Å². The topological polar surface area (TPSA) is 50.7 Å². The lowest BCUT2D eigenvalue weighted by molar-refractivity contribution is 0.0885. The molecule has 1 aromatic carbocycles. The third-order valence-electron chi connectivity index (χ3n) is 3.74. The van der Waals surface area contributed by atoms with E-state index < -0.39 is 6.10 Å². The largest absolute Gasteiger partial charge is 0.490 e. The fourth-order valence-corrected chi connectivity index (χ4v) is 2.68. The van der Waals surface area contributed by atoms with Crippen molar-refractivity contribution in [1.29, 1.82) is 0 Å². The SMILES string of the molecule is CCOc1ccc(C(O)C2CCNCC2)cc1OCC. The summed E-state index contributed by atoms with van der Waals surface area (Å²) in [5, 5.41) is 13.9. The Hall–Kier alpha value is -1.26. The van der Waals surface area contributed by atoms with E-state index in [1.54, 1.807) is 0 Å². The lowest BCUT2D eigenvalue weighted by atomic mass is 9.88. The lowest BCUT2D eigenvalue weighted by Crippen LogP contribution is -2.30. The monoisotopic (exact) mass is 279 g/mol. The molecule has 1 heterocycles. The molecule has 20 heavy (non-hydrogen) atoms. The van der Waals surface area contributed by atoms with Crippen LogP contribution in [0.3, 0.4) is 0 Å². The molecule has 4 heteroatoms. The highest BCUT2D eigenvalue weighted by Crippen LogP contribution is 2.35. The van der Waals surface area contributed by atoms with Crippen LogP contribution in [0.15, 0.2) is 18.2 Å². The van der Waals surface area contributed by atoms with Gasteiger partial charge in [-0.2, -0.15) is 0 Å². The van der Waals surface area contributed by atoms with Gasteiger partial charge in [0.2, 0.25) is 0 Å². The molecule has 1 unspecified atom stereocenters. The van der Waals surface area contributed by atoms with E-state index in [-0.39, 0.29) is 0 Å². The van der Waals surface area contributed by atoms with Crippen molar-refractivity contribution in [3.63, 3.8) is 0 Å². The molecule has 1 atom stereocenters. The molecule has 0 aromatic heterocycles. The molecule has 0 amide bonds. The first kappa shape index (κ1) is 15.1. The minimum Gasteiger partial charge on any atom is -0.490 e. The van der Waals surface area contributed by atoms with Crippen molar-refractivity contribution in [2.75, 3.05) is 26.3 Å². The number of rotatable bonds is 6. The molecule has 4 nitrogen and oxygen atoms in total. The van der Waals surface area contributed by atoms with Gasteiger partial charge in [0.05, 0.1) is 19.3 Å². The summed E-state index contributed by atoms with van der Waals surface area (Å²) in [7, 11) is 0. The van der Waals surface area contributed by atoms with E-state index in [1.807, 2.05) is 32.0 Å². The number of piperidine rings is 1. The average Bonchev–Trinajstić information content (AvgIpc) is 2.50. The van der Waals surface area contributed by atoms with E-state index >= 15 is 0 Å². The molecule has 112 valence electrons. The van der Waals surface area contributed by atoms with E-state index in [4.69, 9.17) is 9.47 Å². The van der Waals surface area contributed by atoms with Crippen molar-refractivity contribution in [2.45, 2.75) is 32.8 Å². The summed E-state index contributed by atoms with van der Waals surface area (Å²) < 4.78 is 11.2. The summed E-state index contributed by atoms with van der Waals surface area (Å²) in [5.74, 6) is 1.79. The van der Waals surface area contributed by atoms with Gasteiger partial charge in [-0.3, -0.25) is 0 Å². The first-order valence-corrected chi connectivity index (χ1v) is 7.54. The van der Waals surface area contributed by atoms with Crippen molar-refractivity contribution in [3.05, 3.63) is 23.8 Å². The third-order valence-corrected chi connectivity index (χ3v) is 3.74. The highest BCUT2D eigenvalue weighted by molar-refractivity contribution is 5.43. The number of hydrogen-bond acceptors (Lipinski definition) is 4. The van der Waals surface area contributed by atoms with Crippen LogP contribution in [0, 0.1) is 5.92 Å². The molecule has 0 spiro atoms. The van der Waals surface area contributed by atoms with Crippen molar-refractivity contribution in [3.8, 4) is 11.5 Å². The zero-order valence-corrected chi connectivity index (χ0v) is 12.4. The van der Waals surface area contributed by atoms with Gasteiger partial charge in [0, 0.05) is 0 Å². The smallest absolute Gasteiger partial charge is 0.161 e. The van der Waals surface area contributed by atoms with Crippen molar-refractivity contribution >= 4 is 0 Å². The number of hydrogen-bond donors (Lipinski definition) is 2. The highest BCUT2D eigenvalue weighted by atomic mass is 16.5. The Labute approximate surface area is 121 Å². The van der Waals surface area contributed by atoms with Crippen LogP contribution < -0.4 is 14.8 Å². The minimum atomic E-state index is -0.424. The van der Waals surface area contributed by atoms with E-state index in [0.29, 0.717) is 19.1 Å². The predicted octanol–water partition coefficient (Wildman–Crippen LogP) is 2.52. The lowest BCUT2D eigenvalue weighted by Gasteiger charge is -2.27. The summed E-state index contributed by atoms with van der Waals surface area (Å²) in [6.07, 6.45) is 1.60. The number of ether oxygens (including phenoxy) is 2. The Balaban J connectivity index is 2.16. The molecule has 1 aliphatic heterocycles. The Kier molecular flexibility index (Phi) is 5.68. The second-order valence-corrected chi connectivity index (χ2v) is 5.10. The van der Waals surface area contributed by atoms with Gasteiger partial charge in [0.15, 0.2) is 11.5 Å². The second-order valence-electron chi connectivity index (χ2n) is 5.10. The maximum absolute atomic E-state index is 10.5. The summed E-state index contributed by atoms with van der Waals surface area (Å²) in [6, 6.07) is 5.76. The predicted molar refractivity (Wildman–Crippen MR) is 79.3 cm³/mol. The standard InChI is InChI=1S/C16H25NO3/c1-3-19-14-6-5-13(11-15(14)20-4-2)16(18)12-7-9-17-10-8-12/h5-6,11-12,16-18H,3-4,7-10H2,1-2H3. The minimum absolute atomic E-state index is 0.323. The molecule has 1 fully saturated rings. The summed E-state index contributed by atoms with van der Waals surface area (Å²) in [5.41, 5.74) is 0.920. The Morgan fingerprint density at radius 3 is 2.45 bits per heavy atom. The summed E-state index contributed by atoms with van der Waals surface area (Å²) in [4.78, 5) is 0. The van der Waals surface area contributed by atoms with Crippen molar-refractivity contribution in [2.24, 2.45) is 5.92 Å². The first-order valence-electron chi connectivity index (χ1n) is 7.54. The maximum atomic E-state index is 10.5. The van der Waals surface area contributed by atoms with Gasteiger partial charge in [0.25, 0.3) is 0 Å². The molecule has 0 aliphatic carbocycles. The van der Waals surface area contributed by atoms with E-state index in [2.05, 4.69) is 5.32 Å². The van der Waals surface area contributed by atoms with Crippen LogP contribution in [0.5, 0.6) is 11.5 Å². The Morgan fingerprint density at radius 2 is 1.80 bits per heavy atom. The molecule has 0 radical (unpaired) electrons. The van der Waals surface area contributed by atoms with Gasteiger partial charge in [-0.1, -0.05) is 6.07 Å². The molecule has 0 saturated carbocycles. The number of benzene rings is 1. The quantitative estimate of drug-likeness (QED) is 0.840. The molecule has 0 bridgehead atoms. The fraction of sp³-hybridized carbons (Fsp3) is 0.625. The zero-order valence-electron chi connectivity index (χ0n) is 12.4. The van der Waals surface area contributed by atoms with Crippen LogP contribution in [-0.2, 0) is 0 Å². The fourth-order valence-electron chi connectivity index (χ4n) is 2.68.